The Morgan fingerprint density at radius 1 is 0.862 bits per heavy atom. The third kappa shape index (κ3) is 5.51. The number of amides is 1. The summed E-state index contributed by atoms with van der Waals surface area (Å²) in [5.41, 5.74) is 2.79. The second kappa shape index (κ2) is 9.98. The second-order valence-corrected chi connectivity index (χ2v) is 7.23. The molecule has 0 heterocycles. The maximum Gasteiger partial charge on any atom is 0.240 e. The molecule has 0 saturated heterocycles. The number of para-hydroxylation sites is 1. The third-order valence-electron chi connectivity index (χ3n) is 4.52. The summed E-state index contributed by atoms with van der Waals surface area (Å²) in [5.74, 6) is 1.42. The zero-order valence-corrected chi connectivity index (χ0v) is 17.9. The van der Waals surface area contributed by atoms with Crippen molar-refractivity contribution >= 4 is 27.5 Å². The Kier molecular flexibility index (Phi) is 7.14. The molecule has 150 valence electrons. The van der Waals surface area contributed by atoms with Crippen LogP contribution in [-0.2, 0) is 4.79 Å². The molecule has 3 rings (SSSR count). The zero-order valence-electron chi connectivity index (χ0n) is 16.3. The van der Waals surface area contributed by atoms with E-state index in [2.05, 4.69) is 26.6 Å². The van der Waals surface area contributed by atoms with Gasteiger partial charge in [-0.2, -0.15) is 0 Å². The highest BCUT2D eigenvalue weighted by atomic mass is 79.9. The van der Waals surface area contributed by atoms with Crippen LogP contribution in [-0.4, -0.2) is 26.7 Å². The first-order chi connectivity index (χ1) is 14.1. The highest BCUT2D eigenvalue weighted by Gasteiger charge is 2.17. The van der Waals surface area contributed by atoms with Crippen LogP contribution in [0.2, 0.25) is 0 Å². The molecule has 1 amide bonds. The highest BCUT2D eigenvalue weighted by molar-refractivity contribution is 9.10. The second-order valence-electron chi connectivity index (χ2n) is 6.38. The number of hydrogen-bond donors (Lipinski definition) is 2. The van der Waals surface area contributed by atoms with Gasteiger partial charge in [0.1, 0.15) is 11.5 Å². The summed E-state index contributed by atoms with van der Waals surface area (Å²) in [5, 5.41) is 6.27. The van der Waals surface area contributed by atoms with Crippen LogP contribution in [0.15, 0.2) is 77.3 Å². The van der Waals surface area contributed by atoms with Gasteiger partial charge in [-0.05, 0) is 63.5 Å². The van der Waals surface area contributed by atoms with Crippen LogP contribution in [0.25, 0.3) is 0 Å². The van der Waals surface area contributed by atoms with Gasteiger partial charge in [0.2, 0.25) is 5.91 Å². The average Bonchev–Trinajstić information content (AvgIpc) is 2.77. The summed E-state index contributed by atoms with van der Waals surface area (Å²) in [4.78, 5) is 12.7. The van der Waals surface area contributed by atoms with Gasteiger partial charge in [-0.3, -0.25) is 4.79 Å². The summed E-state index contributed by atoms with van der Waals surface area (Å²) in [6.07, 6.45) is 0. The normalized spacial score (nSPS) is 10.5. The molecular formula is C23H23BrN2O3. The van der Waals surface area contributed by atoms with Crippen molar-refractivity contribution in [2.45, 2.75) is 6.04 Å². The van der Waals surface area contributed by atoms with Crippen molar-refractivity contribution in [3.63, 3.8) is 0 Å². The van der Waals surface area contributed by atoms with Gasteiger partial charge < -0.3 is 20.1 Å². The topological polar surface area (TPSA) is 59.6 Å². The summed E-state index contributed by atoms with van der Waals surface area (Å²) < 4.78 is 11.4. The largest absolute Gasteiger partial charge is 0.497 e. The molecule has 0 radical (unpaired) electrons. The fourth-order valence-corrected chi connectivity index (χ4v) is 3.37. The monoisotopic (exact) mass is 454 g/mol. The number of hydrogen-bond acceptors (Lipinski definition) is 4. The van der Waals surface area contributed by atoms with E-state index in [1.54, 1.807) is 14.2 Å². The minimum Gasteiger partial charge on any atom is -0.497 e. The van der Waals surface area contributed by atoms with Gasteiger partial charge in [-0.1, -0.05) is 36.4 Å². The Bertz CT molecular complexity index is 896. The molecule has 0 spiro atoms. The zero-order chi connectivity index (χ0) is 20.6. The summed E-state index contributed by atoms with van der Waals surface area (Å²) in [6, 6.07) is 22.8. The van der Waals surface area contributed by atoms with E-state index in [4.69, 9.17) is 9.47 Å². The first-order valence-corrected chi connectivity index (χ1v) is 9.95. The van der Waals surface area contributed by atoms with Gasteiger partial charge in [-0.15, -0.1) is 0 Å². The summed E-state index contributed by atoms with van der Waals surface area (Å²) in [7, 11) is 3.26. The first kappa shape index (κ1) is 20.7. The minimum atomic E-state index is -0.291. The van der Waals surface area contributed by atoms with Crippen LogP contribution >= 0.6 is 15.9 Å². The maximum absolute atomic E-state index is 12.7. The number of nitrogens with one attached hydrogen (secondary N) is 2. The summed E-state index contributed by atoms with van der Waals surface area (Å²) >= 11 is 3.48. The molecule has 5 nitrogen and oxygen atoms in total. The molecule has 6 heteroatoms. The number of halogens is 1. The average molecular weight is 455 g/mol. The number of rotatable bonds is 8. The number of methoxy groups -OCH3 is 2. The minimum absolute atomic E-state index is 0.114. The lowest BCUT2D eigenvalue weighted by Gasteiger charge is -2.21. The Morgan fingerprint density at radius 3 is 1.86 bits per heavy atom. The molecule has 0 unspecified atom stereocenters. The molecule has 3 aromatic carbocycles. The van der Waals surface area contributed by atoms with Gasteiger partial charge in [0.15, 0.2) is 0 Å². The molecule has 0 aliphatic carbocycles. The quantitative estimate of drug-likeness (QED) is 0.513. The predicted molar refractivity (Wildman–Crippen MR) is 119 cm³/mol. The van der Waals surface area contributed by atoms with Gasteiger partial charge >= 0.3 is 0 Å². The molecule has 0 aromatic heterocycles. The Hall–Kier alpha value is -2.99. The number of anilines is 1. The Labute approximate surface area is 179 Å². The van der Waals surface area contributed by atoms with Crippen LogP contribution in [0, 0.1) is 0 Å². The first-order valence-electron chi connectivity index (χ1n) is 9.16. The van der Waals surface area contributed by atoms with E-state index in [1.807, 2.05) is 72.8 Å². The number of carbonyl (C=O) groups excluding carboxylic acids is 1. The molecule has 2 N–H and O–H groups in total. The highest BCUT2D eigenvalue weighted by Crippen LogP contribution is 2.26. The Morgan fingerprint density at radius 2 is 1.38 bits per heavy atom. The smallest absolute Gasteiger partial charge is 0.240 e. The van der Waals surface area contributed by atoms with Crippen LogP contribution in [0.1, 0.15) is 17.2 Å². The predicted octanol–water partition coefficient (Wildman–Crippen LogP) is 4.78. The lowest BCUT2D eigenvalue weighted by Crippen LogP contribution is -2.34. The number of ether oxygens (including phenoxy) is 2. The van der Waals surface area contributed by atoms with E-state index in [0.717, 1.165) is 32.8 Å². The van der Waals surface area contributed by atoms with Gasteiger partial charge in [-0.25, -0.2) is 0 Å². The standard InChI is InChI=1S/C23H23BrN2O3/c1-28-18-11-7-16(8-12-18)23(17-9-13-19(29-2)14-10-17)26-22(27)15-25-21-6-4-3-5-20(21)24/h3-14,23,25H,15H2,1-2H3,(H,26,27). The van der Waals surface area contributed by atoms with E-state index in [9.17, 15) is 4.79 Å². The molecule has 3 aromatic rings. The molecule has 0 aliphatic rings. The third-order valence-corrected chi connectivity index (χ3v) is 5.21. The van der Waals surface area contributed by atoms with Crippen molar-refractivity contribution < 1.29 is 14.3 Å². The molecule has 0 bridgehead atoms. The molecule has 0 saturated carbocycles. The van der Waals surface area contributed by atoms with Crippen LogP contribution in [0.3, 0.4) is 0 Å². The molecule has 0 aliphatic heterocycles. The molecule has 29 heavy (non-hydrogen) atoms. The molecular weight excluding hydrogens is 432 g/mol. The maximum atomic E-state index is 12.7. The SMILES string of the molecule is COc1ccc(C(NC(=O)CNc2ccccc2Br)c2ccc(OC)cc2)cc1. The van der Waals surface area contributed by atoms with Gasteiger partial charge in [0, 0.05) is 10.2 Å². The lowest BCUT2D eigenvalue weighted by atomic mass is 9.98. The van der Waals surface area contributed by atoms with Crippen molar-refractivity contribution in [1.82, 2.24) is 5.32 Å². The van der Waals surface area contributed by atoms with Crippen molar-refractivity contribution in [3.05, 3.63) is 88.4 Å². The van der Waals surface area contributed by atoms with E-state index >= 15 is 0 Å². The van der Waals surface area contributed by atoms with Gasteiger partial charge in [0.05, 0.1) is 26.8 Å². The lowest BCUT2D eigenvalue weighted by molar-refractivity contribution is -0.119. The van der Waals surface area contributed by atoms with E-state index in [1.165, 1.54) is 0 Å². The van der Waals surface area contributed by atoms with E-state index in [-0.39, 0.29) is 18.5 Å². The van der Waals surface area contributed by atoms with E-state index in [0.29, 0.717) is 0 Å². The van der Waals surface area contributed by atoms with Crippen LogP contribution < -0.4 is 20.1 Å². The van der Waals surface area contributed by atoms with Gasteiger partial charge in [0.25, 0.3) is 0 Å². The van der Waals surface area contributed by atoms with Crippen molar-refractivity contribution in [1.29, 1.82) is 0 Å². The Balaban J connectivity index is 1.78. The molecule has 0 fully saturated rings. The fraction of sp³-hybridized carbons (Fsp3) is 0.174. The molecule has 0 atom stereocenters. The van der Waals surface area contributed by atoms with Crippen molar-refractivity contribution in [2.24, 2.45) is 0 Å². The van der Waals surface area contributed by atoms with Crippen molar-refractivity contribution in [3.8, 4) is 11.5 Å². The van der Waals surface area contributed by atoms with Crippen LogP contribution in [0.4, 0.5) is 5.69 Å². The van der Waals surface area contributed by atoms with Crippen molar-refractivity contribution in [2.75, 3.05) is 26.1 Å². The fourth-order valence-electron chi connectivity index (χ4n) is 2.94. The number of benzene rings is 3. The van der Waals surface area contributed by atoms with E-state index < -0.39 is 0 Å². The summed E-state index contributed by atoms with van der Waals surface area (Å²) in [6.45, 7) is 0.158. The number of carbonyl (C=O) groups is 1. The van der Waals surface area contributed by atoms with Crippen LogP contribution in [0.5, 0.6) is 11.5 Å².